The molecule has 2 rings (SSSR count). The zero-order valence-corrected chi connectivity index (χ0v) is 16.4. The lowest BCUT2D eigenvalue weighted by atomic mass is 9.87. The molecule has 0 bridgehead atoms. The minimum Gasteiger partial charge on any atom is -0.506 e. The highest BCUT2D eigenvalue weighted by molar-refractivity contribution is 8.24. The van der Waals surface area contributed by atoms with Crippen LogP contribution in [0.3, 0.4) is 0 Å². The lowest BCUT2D eigenvalue weighted by molar-refractivity contribution is -0.122. The topological polar surface area (TPSA) is 70.3 Å². The number of carbonyl (C=O) groups is 1. The van der Waals surface area contributed by atoms with Crippen molar-refractivity contribution in [3.8, 4) is 17.6 Å². The second kappa shape index (κ2) is 6.73. The van der Waals surface area contributed by atoms with E-state index in [0.29, 0.717) is 15.7 Å². The Balaban J connectivity index is 2.62. The summed E-state index contributed by atoms with van der Waals surface area (Å²) in [5, 5.41) is 20.0. The van der Waals surface area contributed by atoms with Crippen LogP contribution in [0.4, 0.5) is 0 Å². The number of benzene rings is 1. The molecule has 0 saturated heterocycles. The molecule has 0 atom stereocenters. The molecule has 24 heavy (non-hydrogen) atoms. The van der Waals surface area contributed by atoms with E-state index in [0.717, 1.165) is 21.8 Å². The fourth-order valence-corrected chi connectivity index (χ4v) is 4.97. The van der Waals surface area contributed by atoms with Crippen molar-refractivity contribution in [2.75, 3.05) is 6.61 Å². The number of nitrogens with zero attached hydrogens (tertiary/aromatic N) is 1. The lowest BCUT2D eigenvalue weighted by Crippen LogP contribution is -2.21. The Labute approximate surface area is 151 Å². The van der Waals surface area contributed by atoms with E-state index in [-0.39, 0.29) is 17.1 Å². The molecule has 0 fully saturated rings. The number of hydrogen-bond donors (Lipinski definition) is 1. The van der Waals surface area contributed by atoms with Crippen LogP contribution in [-0.4, -0.2) is 17.5 Å². The Morgan fingerprint density at radius 3 is 2.29 bits per heavy atom. The molecular weight excluding hydrogens is 342 g/mol. The fourth-order valence-electron chi connectivity index (χ4n) is 2.28. The molecule has 0 aromatic heterocycles. The second-order valence-electron chi connectivity index (χ2n) is 6.58. The number of rotatable bonds is 3. The number of nitriles is 1. The van der Waals surface area contributed by atoms with Crippen molar-refractivity contribution < 1.29 is 14.6 Å². The molecule has 1 aliphatic rings. The number of aromatic hydroxyl groups is 1. The van der Waals surface area contributed by atoms with E-state index >= 15 is 0 Å². The van der Waals surface area contributed by atoms with E-state index in [2.05, 4.69) is 6.07 Å². The van der Waals surface area contributed by atoms with Crippen LogP contribution in [-0.2, 0) is 4.79 Å². The average molecular weight is 364 g/mol. The molecule has 0 aliphatic carbocycles. The molecule has 0 unspecified atom stereocenters. The average Bonchev–Trinajstić information content (AvgIpc) is 2.94. The first-order chi connectivity index (χ1) is 11.1. The number of thioether (sulfide) groups is 2. The van der Waals surface area contributed by atoms with E-state index in [1.165, 1.54) is 23.5 Å². The van der Waals surface area contributed by atoms with Gasteiger partial charge in [0.2, 0.25) is 0 Å². The predicted molar refractivity (Wildman–Crippen MR) is 97.6 cm³/mol. The molecule has 0 radical (unpaired) electrons. The molecule has 0 spiro atoms. The molecule has 1 aromatic rings. The van der Waals surface area contributed by atoms with E-state index in [1.807, 2.05) is 20.8 Å². The zero-order valence-electron chi connectivity index (χ0n) is 14.7. The fraction of sp³-hybridized carbons (Fsp3) is 0.444. The van der Waals surface area contributed by atoms with Crippen LogP contribution in [0.15, 0.2) is 19.6 Å². The maximum Gasteiger partial charge on any atom is 0.180 e. The van der Waals surface area contributed by atoms with Gasteiger partial charge in [0, 0.05) is 5.41 Å². The van der Waals surface area contributed by atoms with Gasteiger partial charge < -0.3 is 9.84 Å². The number of fused-ring (bicyclic) bond motifs is 1. The summed E-state index contributed by atoms with van der Waals surface area (Å²) in [5.74, 6) is 0.716. The summed E-state index contributed by atoms with van der Waals surface area (Å²) >= 11 is 2.60. The zero-order chi connectivity index (χ0) is 18.2. The van der Waals surface area contributed by atoms with Gasteiger partial charge in [0.15, 0.2) is 5.78 Å². The van der Waals surface area contributed by atoms with E-state index in [4.69, 9.17) is 4.74 Å². The summed E-state index contributed by atoms with van der Waals surface area (Å²) in [6, 6.07) is 2.05. The maximum absolute atomic E-state index is 12.6. The number of ether oxygens (including phenoxy) is 1. The Kier molecular flexibility index (Phi) is 5.26. The van der Waals surface area contributed by atoms with Crippen LogP contribution in [0.2, 0.25) is 0 Å². The predicted octanol–water partition coefficient (Wildman–Crippen LogP) is 4.96. The van der Waals surface area contributed by atoms with E-state index in [1.54, 1.807) is 20.8 Å². The summed E-state index contributed by atoms with van der Waals surface area (Å²) in [7, 11) is 0. The van der Waals surface area contributed by atoms with Crippen molar-refractivity contribution in [3.05, 3.63) is 20.9 Å². The second-order valence-corrected chi connectivity index (χ2v) is 8.88. The minimum atomic E-state index is -0.634. The Bertz CT molecular complexity index is 783. The van der Waals surface area contributed by atoms with Crippen LogP contribution in [0.25, 0.3) is 0 Å². The highest BCUT2D eigenvalue weighted by atomic mass is 32.2. The molecule has 1 aliphatic heterocycles. The third-order valence-electron chi connectivity index (χ3n) is 3.79. The largest absolute Gasteiger partial charge is 0.506 e. The van der Waals surface area contributed by atoms with Crippen LogP contribution >= 0.6 is 23.5 Å². The standard InChI is InChI=1S/C18H21NO3S2/c1-7-22-13-10(3)9(2)12(20)14-15(13)24-17(23-14)11(8-19)16(21)18(4,5)6/h20H,7H2,1-6H3/b17-11+. The molecular formula is C18H21NO3S2. The summed E-state index contributed by atoms with van der Waals surface area (Å²) in [6.07, 6.45) is 0. The van der Waals surface area contributed by atoms with Gasteiger partial charge in [-0.05, 0) is 31.9 Å². The van der Waals surface area contributed by atoms with Gasteiger partial charge in [-0.1, -0.05) is 44.3 Å². The van der Waals surface area contributed by atoms with Gasteiger partial charge in [0.1, 0.15) is 23.1 Å². The van der Waals surface area contributed by atoms with Crippen LogP contribution < -0.4 is 4.74 Å². The summed E-state index contributed by atoms with van der Waals surface area (Å²) in [6.45, 7) is 11.5. The first-order valence-electron chi connectivity index (χ1n) is 7.67. The normalized spacial score (nSPS) is 15.7. The molecule has 1 heterocycles. The van der Waals surface area contributed by atoms with Crippen LogP contribution in [0.5, 0.6) is 11.5 Å². The maximum atomic E-state index is 12.6. The highest BCUT2D eigenvalue weighted by Gasteiger charge is 2.34. The Morgan fingerprint density at radius 2 is 1.79 bits per heavy atom. The smallest absolute Gasteiger partial charge is 0.180 e. The third-order valence-corrected chi connectivity index (χ3v) is 6.39. The van der Waals surface area contributed by atoms with Gasteiger partial charge in [-0.25, -0.2) is 0 Å². The highest BCUT2D eigenvalue weighted by Crippen LogP contribution is 2.60. The first kappa shape index (κ1) is 18.8. The minimum absolute atomic E-state index is 0.144. The molecule has 6 heteroatoms. The number of phenolic OH excluding ortho intramolecular Hbond substituents is 1. The third kappa shape index (κ3) is 3.15. The van der Waals surface area contributed by atoms with Crippen molar-refractivity contribution in [3.63, 3.8) is 0 Å². The van der Waals surface area contributed by atoms with Crippen molar-refractivity contribution in [2.45, 2.75) is 51.3 Å². The monoisotopic (exact) mass is 363 g/mol. The van der Waals surface area contributed by atoms with Crippen molar-refractivity contribution in [1.29, 1.82) is 5.26 Å². The van der Waals surface area contributed by atoms with Crippen LogP contribution in [0, 0.1) is 30.6 Å². The van der Waals surface area contributed by atoms with Gasteiger partial charge >= 0.3 is 0 Å². The molecule has 0 saturated carbocycles. The first-order valence-corrected chi connectivity index (χ1v) is 9.30. The molecule has 1 aromatic carbocycles. The van der Waals surface area contributed by atoms with Crippen molar-refractivity contribution in [1.82, 2.24) is 0 Å². The van der Waals surface area contributed by atoms with E-state index in [9.17, 15) is 15.2 Å². The quantitative estimate of drug-likeness (QED) is 0.605. The van der Waals surface area contributed by atoms with Gasteiger partial charge in [-0.15, -0.1) is 0 Å². The summed E-state index contributed by atoms with van der Waals surface area (Å²) < 4.78 is 6.37. The number of carbonyl (C=O) groups excluding carboxylic acids is 1. The van der Waals surface area contributed by atoms with Crippen molar-refractivity contribution in [2.24, 2.45) is 5.41 Å². The molecule has 0 amide bonds. The summed E-state index contributed by atoms with van der Waals surface area (Å²) in [5.41, 5.74) is 1.14. The summed E-state index contributed by atoms with van der Waals surface area (Å²) in [4.78, 5) is 14.0. The van der Waals surface area contributed by atoms with E-state index < -0.39 is 5.41 Å². The lowest BCUT2D eigenvalue weighted by Gasteiger charge is -2.16. The SMILES string of the molecule is CCOc1c(C)c(C)c(O)c2c1S/C(=C(\C#N)C(=O)C(C)(C)C)S2. The number of phenols is 1. The van der Waals surface area contributed by atoms with Gasteiger partial charge in [0.25, 0.3) is 0 Å². The number of Topliss-reactive ketones (excluding diaryl/α,β-unsaturated/α-hetero) is 1. The Morgan fingerprint density at radius 1 is 1.21 bits per heavy atom. The molecule has 1 N–H and O–H groups in total. The van der Waals surface area contributed by atoms with Gasteiger partial charge in [-0.2, -0.15) is 5.26 Å². The Hall–Kier alpha value is -1.58. The van der Waals surface area contributed by atoms with Gasteiger partial charge in [-0.3, -0.25) is 4.79 Å². The number of hydrogen-bond acceptors (Lipinski definition) is 6. The number of allylic oxidation sites excluding steroid dienone is 1. The number of ketones is 1. The molecule has 128 valence electrons. The van der Waals surface area contributed by atoms with Crippen LogP contribution in [0.1, 0.15) is 38.8 Å². The van der Waals surface area contributed by atoms with Crippen molar-refractivity contribution >= 4 is 29.3 Å². The van der Waals surface area contributed by atoms with Gasteiger partial charge in [0.05, 0.1) is 20.6 Å². The molecule has 4 nitrogen and oxygen atoms in total.